The summed E-state index contributed by atoms with van der Waals surface area (Å²) >= 11 is 0. The lowest BCUT2D eigenvalue weighted by Crippen LogP contribution is -2.37. The largest absolute Gasteiger partial charge is 0.378 e. The minimum atomic E-state index is -0.125. The Kier molecular flexibility index (Phi) is 4.26. The zero-order valence-electron chi connectivity index (χ0n) is 14.0. The fraction of sp³-hybridized carbons (Fsp3) is 0.529. The van der Waals surface area contributed by atoms with Crippen molar-refractivity contribution in [3.05, 3.63) is 23.9 Å². The summed E-state index contributed by atoms with van der Waals surface area (Å²) in [5.41, 5.74) is 2.70. The number of fused-ring (bicyclic) bond motifs is 1. The average molecular weight is 316 g/mol. The number of amides is 2. The summed E-state index contributed by atoms with van der Waals surface area (Å²) < 4.78 is 5.59. The number of carbonyl (C=O) groups excluding carboxylic acids is 1. The molecule has 3 rings (SSSR count). The van der Waals surface area contributed by atoms with Gasteiger partial charge in [0.05, 0.1) is 17.3 Å². The molecule has 1 aromatic carbocycles. The van der Waals surface area contributed by atoms with Crippen molar-refractivity contribution in [1.82, 2.24) is 15.1 Å². The van der Waals surface area contributed by atoms with Gasteiger partial charge in [-0.25, -0.2) is 4.79 Å². The van der Waals surface area contributed by atoms with E-state index in [2.05, 4.69) is 22.4 Å². The van der Waals surface area contributed by atoms with Crippen LogP contribution in [-0.2, 0) is 4.74 Å². The van der Waals surface area contributed by atoms with Crippen molar-refractivity contribution in [2.45, 2.75) is 38.7 Å². The van der Waals surface area contributed by atoms with Gasteiger partial charge in [0.25, 0.3) is 0 Å². The summed E-state index contributed by atoms with van der Waals surface area (Å²) in [6.45, 7) is 5.60. The van der Waals surface area contributed by atoms with Crippen LogP contribution in [0.2, 0.25) is 0 Å². The van der Waals surface area contributed by atoms with Crippen molar-refractivity contribution < 1.29 is 9.53 Å². The van der Waals surface area contributed by atoms with Crippen LogP contribution < -0.4 is 5.32 Å². The van der Waals surface area contributed by atoms with Gasteiger partial charge in [0.2, 0.25) is 0 Å². The van der Waals surface area contributed by atoms with Gasteiger partial charge in [-0.1, -0.05) is 0 Å². The maximum atomic E-state index is 12.6. The van der Waals surface area contributed by atoms with E-state index in [9.17, 15) is 4.79 Å². The molecule has 1 unspecified atom stereocenters. The molecule has 0 saturated carbocycles. The molecule has 6 heteroatoms. The molecular formula is C17H24N4O2. The molecule has 1 aliphatic rings. The first kappa shape index (κ1) is 15.8. The Labute approximate surface area is 136 Å². The van der Waals surface area contributed by atoms with Crippen LogP contribution in [0.5, 0.6) is 0 Å². The number of rotatable bonds is 2. The smallest absolute Gasteiger partial charge is 0.321 e. The van der Waals surface area contributed by atoms with Gasteiger partial charge in [-0.3, -0.25) is 5.10 Å². The lowest BCUT2D eigenvalue weighted by atomic mass is 9.97. The molecule has 1 atom stereocenters. The first-order valence-corrected chi connectivity index (χ1v) is 8.05. The summed E-state index contributed by atoms with van der Waals surface area (Å²) in [4.78, 5) is 14.4. The van der Waals surface area contributed by atoms with E-state index in [0.29, 0.717) is 6.54 Å². The molecule has 0 spiro atoms. The Hall–Kier alpha value is -2.08. The number of hydrogen-bond donors (Lipinski definition) is 2. The highest BCUT2D eigenvalue weighted by molar-refractivity contribution is 5.93. The molecule has 2 N–H and O–H groups in total. The molecule has 0 bridgehead atoms. The van der Waals surface area contributed by atoms with E-state index in [0.717, 1.165) is 48.0 Å². The Morgan fingerprint density at radius 2 is 2.22 bits per heavy atom. The number of anilines is 1. The van der Waals surface area contributed by atoms with Crippen LogP contribution in [0.15, 0.2) is 18.3 Å². The van der Waals surface area contributed by atoms with E-state index < -0.39 is 0 Å². The number of nitrogens with one attached hydrogen (secondary N) is 2. The Morgan fingerprint density at radius 3 is 3.00 bits per heavy atom. The molecule has 2 heterocycles. The van der Waals surface area contributed by atoms with Crippen molar-refractivity contribution in [2.24, 2.45) is 0 Å². The third-order valence-electron chi connectivity index (χ3n) is 4.84. The van der Waals surface area contributed by atoms with E-state index in [-0.39, 0.29) is 11.6 Å². The van der Waals surface area contributed by atoms with Crippen LogP contribution in [0.4, 0.5) is 10.5 Å². The SMILES string of the molecule is COC1(C)CCCN(C(=O)Nc2cc(C)c3cn[nH]c3c2)CC1. The van der Waals surface area contributed by atoms with Crippen LogP contribution in [-0.4, -0.2) is 46.9 Å². The molecule has 1 aliphatic heterocycles. The number of likely N-dealkylation sites (tertiary alicyclic amines) is 1. The summed E-state index contributed by atoms with van der Waals surface area (Å²) in [5.74, 6) is 0. The standard InChI is InChI=1S/C17H24N4O2/c1-12-9-13(10-15-14(12)11-18-20-15)19-16(22)21-7-4-5-17(2,23-3)6-8-21/h9-11H,4-8H2,1-3H3,(H,18,20)(H,19,22). The fourth-order valence-electron chi connectivity index (χ4n) is 3.16. The molecule has 1 aromatic heterocycles. The van der Waals surface area contributed by atoms with E-state index in [1.807, 2.05) is 24.0 Å². The van der Waals surface area contributed by atoms with Crippen LogP contribution in [0.3, 0.4) is 0 Å². The van der Waals surface area contributed by atoms with Gasteiger partial charge < -0.3 is 15.0 Å². The van der Waals surface area contributed by atoms with E-state index in [1.54, 1.807) is 13.3 Å². The van der Waals surface area contributed by atoms with Gasteiger partial charge >= 0.3 is 6.03 Å². The minimum Gasteiger partial charge on any atom is -0.378 e. The molecular weight excluding hydrogens is 292 g/mol. The van der Waals surface area contributed by atoms with Crippen molar-refractivity contribution in [3.8, 4) is 0 Å². The Morgan fingerprint density at radius 1 is 1.39 bits per heavy atom. The lowest BCUT2D eigenvalue weighted by Gasteiger charge is -2.26. The average Bonchev–Trinajstić information content (AvgIpc) is 2.90. The van der Waals surface area contributed by atoms with Gasteiger partial charge in [-0.2, -0.15) is 5.10 Å². The minimum absolute atomic E-state index is 0.0522. The third-order valence-corrected chi connectivity index (χ3v) is 4.84. The van der Waals surface area contributed by atoms with Crippen molar-refractivity contribution in [1.29, 1.82) is 0 Å². The third kappa shape index (κ3) is 3.32. The van der Waals surface area contributed by atoms with E-state index >= 15 is 0 Å². The quantitative estimate of drug-likeness (QED) is 0.893. The number of aromatic nitrogens is 2. The second-order valence-electron chi connectivity index (χ2n) is 6.55. The predicted molar refractivity (Wildman–Crippen MR) is 90.7 cm³/mol. The number of H-pyrrole nitrogens is 1. The number of carbonyl (C=O) groups is 1. The fourth-order valence-corrected chi connectivity index (χ4v) is 3.16. The molecule has 23 heavy (non-hydrogen) atoms. The van der Waals surface area contributed by atoms with Crippen LogP contribution in [0.1, 0.15) is 31.7 Å². The normalized spacial score (nSPS) is 22.1. The van der Waals surface area contributed by atoms with Gasteiger partial charge in [0, 0.05) is 31.3 Å². The summed E-state index contributed by atoms with van der Waals surface area (Å²) in [7, 11) is 1.75. The Bertz CT molecular complexity index is 712. The van der Waals surface area contributed by atoms with Crippen LogP contribution in [0, 0.1) is 6.92 Å². The van der Waals surface area contributed by atoms with Gasteiger partial charge in [-0.05, 0) is 50.8 Å². The van der Waals surface area contributed by atoms with E-state index in [4.69, 9.17) is 4.74 Å². The van der Waals surface area contributed by atoms with Gasteiger partial charge in [-0.15, -0.1) is 0 Å². The number of urea groups is 1. The maximum Gasteiger partial charge on any atom is 0.321 e. The number of aromatic amines is 1. The number of aryl methyl sites for hydroxylation is 1. The Balaban J connectivity index is 1.70. The summed E-state index contributed by atoms with van der Waals surface area (Å²) in [6, 6.07) is 3.85. The monoisotopic (exact) mass is 316 g/mol. The number of ether oxygens (including phenoxy) is 1. The highest BCUT2D eigenvalue weighted by atomic mass is 16.5. The molecule has 124 valence electrons. The van der Waals surface area contributed by atoms with Gasteiger partial charge in [0.15, 0.2) is 0 Å². The van der Waals surface area contributed by atoms with Crippen LogP contribution in [0.25, 0.3) is 10.9 Å². The second kappa shape index (κ2) is 6.20. The van der Waals surface area contributed by atoms with Crippen molar-refractivity contribution in [3.63, 3.8) is 0 Å². The summed E-state index contributed by atoms with van der Waals surface area (Å²) in [5, 5.41) is 11.1. The molecule has 1 saturated heterocycles. The molecule has 2 aromatic rings. The zero-order valence-corrected chi connectivity index (χ0v) is 14.0. The topological polar surface area (TPSA) is 70.2 Å². The molecule has 2 amide bonds. The number of benzene rings is 1. The van der Waals surface area contributed by atoms with Crippen molar-refractivity contribution in [2.75, 3.05) is 25.5 Å². The van der Waals surface area contributed by atoms with Crippen LogP contribution >= 0.6 is 0 Å². The first-order valence-electron chi connectivity index (χ1n) is 8.05. The highest BCUT2D eigenvalue weighted by Gasteiger charge is 2.29. The predicted octanol–water partition coefficient (Wildman–Crippen LogP) is 3.29. The molecule has 6 nitrogen and oxygen atoms in total. The van der Waals surface area contributed by atoms with Gasteiger partial charge in [0.1, 0.15) is 0 Å². The number of nitrogens with zero attached hydrogens (tertiary/aromatic N) is 2. The van der Waals surface area contributed by atoms with Crippen molar-refractivity contribution >= 4 is 22.6 Å². The number of hydrogen-bond acceptors (Lipinski definition) is 3. The summed E-state index contributed by atoms with van der Waals surface area (Å²) in [6.07, 6.45) is 4.59. The first-order chi connectivity index (χ1) is 11.0. The number of methoxy groups -OCH3 is 1. The van der Waals surface area contributed by atoms with E-state index in [1.165, 1.54) is 0 Å². The maximum absolute atomic E-state index is 12.6. The highest BCUT2D eigenvalue weighted by Crippen LogP contribution is 2.26. The zero-order chi connectivity index (χ0) is 16.4. The molecule has 1 fully saturated rings. The lowest BCUT2D eigenvalue weighted by molar-refractivity contribution is -0.00491. The molecule has 0 radical (unpaired) electrons. The second-order valence-corrected chi connectivity index (χ2v) is 6.55. The molecule has 0 aliphatic carbocycles.